The van der Waals surface area contributed by atoms with E-state index in [1.807, 2.05) is 31.2 Å². The average Bonchev–Trinajstić information content (AvgIpc) is 2.74. The average molecular weight is 430 g/mol. The highest BCUT2D eigenvalue weighted by molar-refractivity contribution is 6.30. The van der Waals surface area contributed by atoms with E-state index in [1.54, 1.807) is 24.3 Å². The Morgan fingerprint density at radius 1 is 1.00 bits per heavy atom. The van der Waals surface area contributed by atoms with Crippen LogP contribution in [-0.4, -0.2) is 24.5 Å². The van der Waals surface area contributed by atoms with Crippen molar-refractivity contribution < 1.29 is 19.1 Å². The molecule has 30 heavy (non-hydrogen) atoms. The highest BCUT2D eigenvalue weighted by Gasteiger charge is 2.24. The van der Waals surface area contributed by atoms with Crippen LogP contribution < -0.4 is 10.1 Å². The molecule has 0 heterocycles. The number of esters is 1. The first-order valence-corrected chi connectivity index (χ1v) is 10.7. The van der Waals surface area contributed by atoms with Gasteiger partial charge in [-0.05, 0) is 68.4 Å². The van der Waals surface area contributed by atoms with E-state index < -0.39 is 0 Å². The molecular formula is C24H28ClNO4. The standard InChI is InChI=1S/C24H28ClNO4/c1-17-2-4-19(5-3-17)15-30-24(28)14-18-6-10-21(11-7-18)26-23(27)16-29-22-12-8-20(25)9-13-22/h2-5,8-9,12-13,18,21H,6-7,10-11,14-16H2,1H3,(H,26,27). The lowest BCUT2D eigenvalue weighted by Gasteiger charge is -2.28. The minimum absolute atomic E-state index is 0.0209. The van der Waals surface area contributed by atoms with E-state index in [1.165, 1.54) is 5.56 Å². The zero-order valence-electron chi connectivity index (χ0n) is 17.2. The lowest BCUT2D eigenvalue weighted by Crippen LogP contribution is -2.40. The maximum Gasteiger partial charge on any atom is 0.306 e. The van der Waals surface area contributed by atoms with Crippen molar-refractivity contribution in [1.29, 1.82) is 0 Å². The monoisotopic (exact) mass is 429 g/mol. The van der Waals surface area contributed by atoms with E-state index in [2.05, 4.69) is 5.32 Å². The maximum absolute atomic E-state index is 12.1. The third-order valence-electron chi connectivity index (χ3n) is 5.37. The number of ether oxygens (including phenoxy) is 2. The molecule has 0 aliphatic heterocycles. The fraction of sp³-hybridized carbons (Fsp3) is 0.417. The van der Waals surface area contributed by atoms with Crippen molar-refractivity contribution in [1.82, 2.24) is 5.32 Å². The molecule has 0 aromatic heterocycles. The van der Waals surface area contributed by atoms with E-state index in [4.69, 9.17) is 21.1 Å². The minimum atomic E-state index is -0.153. The van der Waals surface area contributed by atoms with Gasteiger partial charge in [0.25, 0.3) is 5.91 Å². The number of carbonyl (C=O) groups excluding carboxylic acids is 2. The van der Waals surface area contributed by atoms with Gasteiger partial charge < -0.3 is 14.8 Å². The molecule has 0 saturated heterocycles. The van der Waals surface area contributed by atoms with Crippen LogP contribution >= 0.6 is 11.6 Å². The molecule has 0 radical (unpaired) electrons. The van der Waals surface area contributed by atoms with Crippen LogP contribution in [0.2, 0.25) is 5.02 Å². The SMILES string of the molecule is Cc1ccc(COC(=O)CC2CCC(NC(=O)COc3ccc(Cl)cc3)CC2)cc1. The highest BCUT2D eigenvalue weighted by atomic mass is 35.5. The van der Waals surface area contributed by atoms with Crippen LogP contribution in [0.1, 0.15) is 43.2 Å². The molecule has 160 valence electrons. The van der Waals surface area contributed by atoms with E-state index in [0.29, 0.717) is 29.7 Å². The number of halogens is 1. The Labute approximate surface area is 182 Å². The Hall–Kier alpha value is -2.53. The Morgan fingerprint density at radius 2 is 1.67 bits per heavy atom. The molecule has 0 bridgehead atoms. The molecule has 1 saturated carbocycles. The first-order valence-electron chi connectivity index (χ1n) is 10.4. The topological polar surface area (TPSA) is 64.6 Å². The van der Waals surface area contributed by atoms with Crippen molar-refractivity contribution >= 4 is 23.5 Å². The molecular weight excluding hydrogens is 402 g/mol. The summed E-state index contributed by atoms with van der Waals surface area (Å²) in [5, 5.41) is 3.65. The molecule has 1 aliphatic rings. The summed E-state index contributed by atoms with van der Waals surface area (Å²) in [4.78, 5) is 24.3. The van der Waals surface area contributed by atoms with Gasteiger partial charge in [0.15, 0.2) is 6.61 Å². The van der Waals surface area contributed by atoms with Crippen molar-refractivity contribution in [3.05, 3.63) is 64.7 Å². The summed E-state index contributed by atoms with van der Waals surface area (Å²) in [6.07, 6.45) is 3.97. The number of benzene rings is 2. The molecule has 1 fully saturated rings. The number of rotatable bonds is 8. The molecule has 0 atom stereocenters. The zero-order chi connectivity index (χ0) is 21.3. The van der Waals surface area contributed by atoms with E-state index in [-0.39, 0.29) is 24.5 Å². The van der Waals surface area contributed by atoms with Gasteiger partial charge in [0.1, 0.15) is 12.4 Å². The number of hydrogen-bond acceptors (Lipinski definition) is 4. The fourth-order valence-electron chi connectivity index (χ4n) is 3.60. The number of aryl methyl sites for hydroxylation is 1. The van der Waals surface area contributed by atoms with E-state index in [9.17, 15) is 9.59 Å². The third kappa shape index (κ3) is 7.38. The van der Waals surface area contributed by atoms with Gasteiger partial charge in [-0.1, -0.05) is 41.4 Å². The molecule has 0 spiro atoms. The highest BCUT2D eigenvalue weighted by Crippen LogP contribution is 2.27. The van der Waals surface area contributed by atoms with Gasteiger partial charge in [-0.15, -0.1) is 0 Å². The predicted molar refractivity (Wildman–Crippen MR) is 116 cm³/mol. The van der Waals surface area contributed by atoms with Crippen molar-refractivity contribution in [2.75, 3.05) is 6.61 Å². The van der Waals surface area contributed by atoms with E-state index in [0.717, 1.165) is 31.2 Å². The van der Waals surface area contributed by atoms with Gasteiger partial charge in [0, 0.05) is 17.5 Å². The summed E-state index contributed by atoms with van der Waals surface area (Å²) in [7, 11) is 0. The van der Waals surface area contributed by atoms with Crippen LogP contribution in [0.4, 0.5) is 0 Å². The molecule has 3 rings (SSSR count). The summed E-state index contributed by atoms with van der Waals surface area (Å²) >= 11 is 5.83. The lowest BCUT2D eigenvalue weighted by atomic mass is 9.84. The Balaban J connectivity index is 1.31. The van der Waals surface area contributed by atoms with Gasteiger partial charge in [0.05, 0.1) is 0 Å². The maximum atomic E-state index is 12.1. The zero-order valence-corrected chi connectivity index (χ0v) is 18.0. The van der Waals surface area contributed by atoms with Crippen molar-refractivity contribution in [3.63, 3.8) is 0 Å². The molecule has 2 aromatic carbocycles. The number of nitrogens with one attached hydrogen (secondary N) is 1. The quantitative estimate of drug-likeness (QED) is 0.610. The van der Waals surface area contributed by atoms with Gasteiger partial charge >= 0.3 is 5.97 Å². The lowest BCUT2D eigenvalue weighted by molar-refractivity contribution is -0.146. The van der Waals surface area contributed by atoms with Gasteiger partial charge in [-0.2, -0.15) is 0 Å². The Bertz CT molecular complexity index is 756. The number of hydrogen-bond donors (Lipinski definition) is 1. The minimum Gasteiger partial charge on any atom is -0.484 e. The number of amides is 1. The second-order valence-corrected chi connectivity index (χ2v) is 8.31. The second kappa shape index (κ2) is 11.0. The van der Waals surface area contributed by atoms with Crippen molar-refractivity contribution in [2.24, 2.45) is 5.92 Å². The largest absolute Gasteiger partial charge is 0.484 e. The summed E-state index contributed by atoms with van der Waals surface area (Å²) in [5.74, 6) is 0.640. The molecule has 6 heteroatoms. The molecule has 5 nitrogen and oxygen atoms in total. The molecule has 1 N–H and O–H groups in total. The van der Waals surface area contributed by atoms with Gasteiger partial charge in [0.2, 0.25) is 0 Å². The van der Waals surface area contributed by atoms with Crippen LogP contribution in [0.5, 0.6) is 5.75 Å². The smallest absolute Gasteiger partial charge is 0.306 e. The van der Waals surface area contributed by atoms with Crippen molar-refractivity contribution in [2.45, 2.75) is 51.7 Å². The van der Waals surface area contributed by atoms with E-state index >= 15 is 0 Å². The molecule has 1 aliphatic carbocycles. The normalized spacial score (nSPS) is 18.5. The third-order valence-corrected chi connectivity index (χ3v) is 5.62. The Kier molecular flexibility index (Phi) is 8.14. The van der Waals surface area contributed by atoms with Gasteiger partial charge in [-0.25, -0.2) is 0 Å². The van der Waals surface area contributed by atoms with Crippen LogP contribution in [-0.2, 0) is 20.9 Å². The first kappa shape index (κ1) is 22.2. The molecule has 0 unspecified atom stereocenters. The first-order chi connectivity index (χ1) is 14.5. The second-order valence-electron chi connectivity index (χ2n) is 7.88. The molecule has 1 amide bonds. The fourth-order valence-corrected chi connectivity index (χ4v) is 3.73. The number of carbonyl (C=O) groups is 2. The van der Waals surface area contributed by atoms with Crippen LogP contribution in [0.3, 0.4) is 0 Å². The van der Waals surface area contributed by atoms with Crippen LogP contribution in [0, 0.1) is 12.8 Å². The van der Waals surface area contributed by atoms with Gasteiger partial charge in [-0.3, -0.25) is 9.59 Å². The summed E-state index contributed by atoms with van der Waals surface area (Å²) < 4.78 is 10.9. The summed E-state index contributed by atoms with van der Waals surface area (Å²) in [5.41, 5.74) is 2.19. The van der Waals surface area contributed by atoms with Crippen LogP contribution in [0.25, 0.3) is 0 Å². The molecule has 2 aromatic rings. The predicted octanol–water partition coefficient (Wildman–Crippen LogP) is 4.84. The Morgan fingerprint density at radius 3 is 2.33 bits per heavy atom. The summed E-state index contributed by atoms with van der Waals surface area (Å²) in [6, 6.07) is 15.0. The van der Waals surface area contributed by atoms with Crippen LogP contribution in [0.15, 0.2) is 48.5 Å². The van der Waals surface area contributed by atoms with Crippen molar-refractivity contribution in [3.8, 4) is 5.75 Å². The summed E-state index contributed by atoms with van der Waals surface area (Å²) in [6.45, 7) is 2.33.